The average Bonchev–Trinajstić information content (AvgIpc) is 2.18. The van der Waals surface area contributed by atoms with Crippen LogP contribution in [0.25, 0.3) is 0 Å². The van der Waals surface area contributed by atoms with E-state index in [9.17, 15) is 0 Å². The molecule has 0 N–H and O–H groups in total. The minimum Gasteiger partial charge on any atom is -0.0777 e. The Balaban J connectivity index is 1.89. The van der Waals surface area contributed by atoms with Gasteiger partial charge in [0.2, 0.25) is 0 Å². The largest absolute Gasteiger partial charge is 0.0777 e. The predicted octanol–water partition coefficient (Wildman–Crippen LogP) is 3.97. The fourth-order valence-electron chi connectivity index (χ4n) is 3.11. The van der Waals surface area contributed by atoms with Crippen molar-refractivity contribution in [3.05, 3.63) is 12.2 Å². The molecular formula is C13H21. The zero-order valence-electron chi connectivity index (χ0n) is 8.76. The summed E-state index contributed by atoms with van der Waals surface area (Å²) >= 11 is 0. The molecule has 73 valence electrons. The van der Waals surface area contributed by atoms with Crippen LogP contribution in [0, 0.1) is 23.8 Å². The van der Waals surface area contributed by atoms with Crippen molar-refractivity contribution >= 4 is 0 Å². The topological polar surface area (TPSA) is 0 Å². The maximum absolute atomic E-state index is 3.41. The first-order valence-corrected chi connectivity index (χ1v) is 5.97. The normalized spacial score (nSPS) is 38.7. The van der Waals surface area contributed by atoms with Gasteiger partial charge in [0, 0.05) is 0 Å². The van der Waals surface area contributed by atoms with Crippen molar-refractivity contribution in [1.82, 2.24) is 0 Å². The van der Waals surface area contributed by atoms with Crippen LogP contribution in [0.2, 0.25) is 0 Å². The van der Waals surface area contributed by atoms with Gasteiger partial charge < -0.3 is 0 Å². The molecule has 3 atom stereocenters. The lowest BCUT2D eigenvalue weighted by Gasteiger charge is -2.36. The fourth-order valence-corrected chi connectivity index (χ4v) is 3.11. The lowest BCUT2D eigenvalue weighted by molar-refractivity contribution is 0.187. The minimum atomic E-state index is 0.904. The molecule has 3 unspecified atom stereocenters. The van der Waals surface area contributed by atoms with Gasteiger partial charge >= 0.3 is 0 Å². The van der Waals surface area contributed by atoms with Gasteiger partial charge in [-0.2, -0.15) is 0 Å². The van der Waals surface area contributed by atoms with Gasteiger partial charge in [-0.3, -0.25) is 0 Å². The van der Waals surface area contributed by atoms with Crippen LogP contribution in [0.5, 0.6) is 0 Å². The van der Waals surface area contributed by atoms with Gasteiger partial charge in [-0.1, -0.05) is 25.8 Å². The van der Waals surface area contributed by atoms with E-state index < -0.39 is 0 Å². The Morgan fingerprint density at radius 1 is 1.31 bits per heavy atom. The molecule has 0 saturated heterocycles. The van der Waals surface area contributed by atoms with E-state index in [2.05, 4.69) is 19.1 Å². The molecule has 0 amide bonds. The van der Waals surface area contributed by atoms with E-state index in [1.807, 2.05) is 0 Å². The van der Waals surface area contributed by atoms with Crippen molar-refractivity contribution < 1.29 is 0 Å². The highest BCUT2D eigenvalue weighted by Crippen LogP contribution is 2.40. The van der Waals surface area contributed by atoms with E-state index in [4.69, 9.17) is 0 Å². The summed E-state index contributed by atoms with van der Waals surface area (Å²) in [5.74, 6) is 2.98. The van der Waals surface area contributed by atoms with Gasteiger partial charge in [0.05, 0.1) is 0 Å². The molecule has 0 spiro atoms. The predicted molar refractivity (Wildman–Crippen MR) is 56.3 cm³/mol. The SMILES string of the molecule is CCCC1CCC2C=[C]CCC2C1. The molecule has 2 aliphatic carbocycles. The molecule has 0 heterocycles. The second-order valence-electron chi connectivity index (χ2n) is 4.80. The number of allylic oxidation sites excluding steroid dienone is 2. The molecule has 1 saturated carbocycles. The first-order valence-electron chi connectivity index (χ1n) is 5.97. The molecule has 13 heavy (non-hydrogen) atoms. The summed E-state index contributed by atoms with van der Waals surface area (Å²) in [5, 5.41) is 0. The van der Waals surface area contributed by atoms with Gasteiger partial charge in [-0.05, 0) is 55.9 Å². The van der Waals surface area contributed by atoms with Crippen molar-refractivity contribution in [3.63, 3.8) is 0 Å². The van der Waals surface area contributed by atoms with E-state index in [1.165, 1.54) is 44.9 Å². The smallest absolute Gasteiger partial charge is 0.0199 e. The number of fused-ring (bicyclic) bond motifs is 1. The van der Waals surface area contributed by atoms with Crippen molar-refractivity contribution in [3.8, 4) is 0 Å². The van der Waals surface area contributed by atoms with E-state index in [0.29, 0.717) is 0 Å². The van der Waals surface area contributed by atoms with Gasteiger partial charge in [0.25, 0.3) is 0 Å². The van der Waals surface area contributed by atoms with Gasteiger partial charge in [0.1, 0.15) is 0 Å². The van der Waals surface area contributed by atoms with Gasteiger partial charge in [-0.25, -0.2) is 0 Å². The fraction of sp³-hybridized carbons (Fsp3) is 0.846. The molecule has 0 bridgehead atoms. The molecular weight excluding hydrogens is 156 g/mol. The van der Waals surface area contributed by atoms with E-state index in [1.54, 1.807) is 0 Å². The molecule has 0 aromatic rings. The Morgan fingerprint density at radius 2 is 2.23 bits per heavy atom. The van der Waals surface area contributed by atoms with Crippen LogP contribution in [0.15, 0.2) is 6.08 Å². The van der Waals surface area contributed by atoms with Crippen molar-refractivity contribution in [1.29, 1.82) is 0 Å². The molecule has 1 radical (unpaired) electrons. The summed E-state index contributed by atoms with van der Waals surface area (Å²) in [4.78, 5) is 0. The van der Waals surface area contributed by atoms with E-state index >= 15 is 0 Å². The number of rotatable bonds is 2. The molecule has 0 aromatic heterocycles. The standard InChI is InChI=1S/C13H21/c1-2-5-11-8-9-12-6-3-4-7-13(12)10-11/h6,11-13H,2,4-5,7-10H2,1H3. The lowest BCUT2D eigenvalue weighted by Crippen LogP contribution is -2.25. The maximum atomic E-state index is 3.41. The van der Waals surface area contributed by atoms with Crippen LogP contribution < -0.4 is 0 Å². The van der Waals surface area contributed by atoms with Crippen LogP contribution in [-0.4, -0.2) is 0 Å². The molecule has 2 rings (SSSR count). The third-order valence-corrected chi connectivity index (χ3v) is 3.84. The number of hydrogen-bond acceptors (Lipinski definition) is 0. The monoisotopic (exact) mass is 177 g/mol. The van der Waals surface area contributed by atoms with Crippen LogP contribution in [0.1, 0.15) is 51.9 Å². The summed E-state index contributed by atoms with van der Waals surface area (Å²) in [5.41, 5.74) is 0. The molecule has 1 fully saturated rings. The minimum absolute atomic E-state index is 0.904. The van der Waals surface area contributed by atoms with E-state index in [-0.39, 0.29) is 0 Å². The van der Waals surface area contributed by atoms with Gasteiger partial charge in [0.15, 0.2) is 0 Å². The summed E-state index contributed by atoms with van der Waals surface area (Å²) in [6.45, 7) is 2.32. The number of hydrogen-bond donors (Lipinski definition) is 0. The third-order valence-electron chi connectivity index (χ3n) is 3.84. The third kappa shape index (κ3) is 2.15. The molecule has 0 aliphatic heterocycles. The highest BCUT2D eigenvalue weighted by atomic mass is 14.3. The quantitative estimate of drug-likeness (QED) is 0.598. The summed E-state index contributed by atoms with van der Waals surface area (Å²) in [6.07, 6.45) is 15.7. The molecule has 0 heteroatoms. The van der Waals surface area contributed by atoms with Crippen molar-refractivity contribution in [2.75, 3.05) is 0 Å². The van der Waals surface area contributed by atoms with Crippen LogP contribution in [0.4, 0.5) is 0 Å². The van der Waals surface area contributed by atoms with E-state index in [0.717, 1.165) is 17.8 Å². The van der Waals surface area contributed by atoms with Crippen molar-refractivity contribution in [2.24, 2.45) is 17.8 Å². The molecule has 0 nitrogen and oxygen atoms in total. The highest BCUT2D eigenvalue weighted by molar-refractivity contribution is 4.95. The molecule has 2 aliphatic rings. The average molecular weight is 177 g/mol. The zero-order chi connectivity index (χ0) is 9.10. The Morgan fingerprint density at radius 3 is 3.08 bits per heavy atom. The van der Waals surface area contributed by atoms with Crippen LogP contribution in [-0.2, 0) is 0 Å². The second kappa shape index (κ2) is 4.30. The first-order chi connectivity index (χ1) is 6.40. The zero-order valence-corrected chi connectivity index (χ0v) is 8.76. The Kier molecular flexibility index (Phi) is 3.08. The summed E-state index contributed by atoms with van der Waals surface area (Å²) in [6, 6.07) is 0. The lowest BCUT2D eigenvalue weighted by atomic mass is 9.69. The van der Waals surface area contributed by atoms with Crippen LogP contribution >= 0.6 is 0 Å². The maximum Gasteiger partial charge on any atom is -0.0199 e. The molecule has 0 aromatic carbocycles. The summed E-state index contributed by atoms with van der Waals surface area (Å²) < 4.78 is 0. The second-order valence-corrected chi connectivity index (χ2v) is 4.80. The van der Waals surface area contributed by atoms with Gasteiger partial charge in [-0.15, -0.1) is 0 Å². The Hall–Kier alpha value is -0.260. The van der Waals surface area contributed by atoms with Crippen LogP contribution in [0.3, 0.4) is 0 Å². The Bertz CT molecular complexity index is 180. The Labute approximate surface area is 82.4 Å². The van der Waals surface area contributed by atoms with Crippen molar-refractivity contribution in [2.45, 2.75) is 51.9 Å². The highest BCUT2D eigenvalue weighted by Gasteiger charge is 2.29. The summed E-state index contributed by atoms with van der Waals surface area (Å²) in [7, 11) is 0. The first kappa shape index (κ1) is 9.30.